The van der Waals surface area contributed by atoms with Gasteiger partial charge >= 0.3 is 0 Å². The number of nitrogens with zero attached hydrogens (tertiary/aromatic N) is 4. The minimum atomic E-state index is 0.229. The minimum Gasteiger partial charge on any atom is -0.494 e. The van der Waals surface area contributed by atoms with Gasteiger partial charge in [-0.3, -0.25) is 4.98 Å². The average Bonchev–Trinajstić information content (AvgIpc) is 2.38. The van der Waals surface area contributed by atoms with Crippen molar-refractivity contribution in [3.63, 3.8) is 0 Å². The molecule has 5 nitrogen and oxygen atoms in total. The Kier molecular flexibility index (Phi) is 2.74. The predicted octanol–water partition coefficient (Wildman–Crippen LogP) is 1.22. The molecule has 0 N–H and O–H groups in total. The van der Waals surface area contributed by atoms with E-state index in [1.165, 1.54) is 13.4 Å². The van der Waals surface area contributed by atoms with Crippen LogP contribution in [0.2, 0.25) is 0 Å². The van der Waals surface area contributed by atoms with E-state index in [0.717, 1.165) is 0 Å². The summed E-state index contributed by atoms with van der Waals surface area (Å²) in [5.74, 6) is 0.560. The molecule has 0 amide bonds. The highest BCUT2D eigenvalue weighted by Gasteiger charge is 2.12. The first kappa shape index (κ1) is 10.1. The van der Waals surface area contributed by atoms with Gasteiger partial charge in [0.1, 0.15) is 30.0 Å². The quantitative estimate of drug-likeness (QED) is 0.746. The van der Waals surface area contributed by atoms with Gasteiger partial charge in [-0.05, 0) is 12.1 Å². The van der Waals surface area contributed by atoms with E-state index in [0.29, 0.717) is 17.0 Å². The normalized spacial score (nSPS) is 9.50. The third kappa shape index (κ3) is 1.68. The van der Waals surface area contributed by atoms with Crippen LogP contribution in [0.1, 0.15) is 5.69 Å². The second kappa shape index (κ2) is 4.36. The van der Waals surface area contributed by atoms with E-state index in [1.807, 2.05) is 6.07 Å². The third-order valence-corrected chi connectivity index (χ3v) is 1.99. The molecule has 2 rings (SSSR count). The lowest BCUT2D eigenvalue weighted by atomic mass is 10.1. The van der Waals surface area contributed by atoms with Crippen LogP contribution in [0.3, 0.4) is 0 Å². The maximum atomic E-state index is 8.91. The largest absolute Gasteiger partial charge is 0.494 e. The van der Waals surface area contributed by atoms with E-state index < -0.39 is 0 Å². The maximum absolute atomic E-state index is 8.91. The first-order valence-electron chi connectivity index (χ1n) is 4.49. The summed E-state index contributed by atoms with van der Waals surface area (Å²) in [5, 5.41) is 8.91. The number of nitriles is 1. The molecule has 0 aliphatic heterocycles. The number of hydrogen-bond acceptors (Lipinski definition) is 5. The van der Waals surface area contributed by atoms with Crippen LogP contribution in [-0.4, -0.2) is 22.1 Å². The number of aromatic nitrogens is 3. The zero-order chi connectivity index (χ0) is 11.4. The molecule has 77 valence electrons. The third-order valence-electron chi connectivity index (χ3n) is 1.99. The zero-order valence-corrected chi connectivity index (χ0v) is 8.51. The number of rotatable bonds is 2. The summed E-state index contributed by atoms with van der Waals surface area (Å²) in [5.41, 5.74) is 1.19. The summed E-state index contributed by atoms with van der Waals surface area (Å²) >= 11 is 0. The van der Waals surface area contributed by atoms with Crippen LogP contribution in [0.4, 0.5) is 0 Å². The van der Waals surface area contributed by atoms with Crippen molar-refractivity contribution >= 4 is 0 Å². The second-order valence-corrected chi connectivity index (χ2v) is 2.88. The lowest BCUT2D eigenvalue weighted by Crippen LogP contribution is -1.96. The van der Waals surface area contributed by atoms with E-state index in [-0.39, 0.29) is 5.69 Å². The van der Waals surface area contributed by atoms with Crippen LogP contribution < -0.4 is 4.74 Å². The monoisotopic (exact) mass is 211 g/mol. The Balaban J connectivity index is 2.64. The summed E-state index contributed by atoms with van der Waals surface area (Å²) in [6.07, 6.45) is 5.59. The van der Waals surface area contributed by atoms with Gasteiger partial charge in [0.2, 0.25) is 0 Å². The van der Waals surface area contributed by atoms with Crippen molar-refractivity contribution in [3.05, 3.63) is 36.5 Å². The highest BCUT2D eigenvalue weighted by molar-refractivity contribution is 5.69. The summed E-state index contributed by atoms with van der Waals surface area (Å²) in [6, 6.07) is 5.47. The van der Waals surface area contributed by atoms with Gasteiger partial charge in [-0.2, -0.15) is 5.26 Å². The van der Waals surface area contributed by atoms with Crippen molar-refractivity contribution < 1.29 is 4.74 Å². The van der Waals surface area contributed by atoms with Crippen molar-refractivity contribution in [1.29, 1.82) is 5.26 Å². The van der Waals surface area contributed by atoms with Crippen LogP contribution >= 0.6 is 0 Å². The molecule has 0 aromatic carbocycles. The van der Waals surface area contributed by atoms with Crippen molar-refractivity contribution in [2.75, 3.05) is 7.11 Å². The highest BCUT2D eigenvalue weighted by atomic mass is 16.5. The first-order valence-corrected chi connectivity index (χ1v) is 4.49. The van der Waals surface area contributed by atoms with Gasteiger partial charge < -0.3 is 4.74 Å². The van der Waals surface area contributed by atoms with Gasteiger partial charge in [0.05, 0.1) is 12.7 Å². The fourth-order valence-electron chi connectivity index (χ4n) is 1.29. The van der Waals surface area contributed by atoms with Crippen LogP contribution in [0.15, 0.2) is 24.7 Å². The Labute approximate surface area is 92.4 Å². The van der Waals surface area contributed by atoms with Gasteiger partial charge in [-0.1, -0.05) is 0 Å². The Morgan fingerprint density at radius 3 is 3.06 bits per heavy atom. The summed E-state index contributed by atoms with van der Waals surface area (Å²) < 4.78 is 5.15. The van der Waals surface area contributed by atoms with E-state index in [4.69, 9.17) is 10.00 Å². The molecule has 2 aromatic heterocycles. The minimum absolute atomic E-state index is 0.229. The average molecular weight is 211 g/mol. The summed E-state index contributed by atoms with van der Waals surface area (Å²) in [7, 11) is 1.54. The second-order valence-electron chi connectivity index (χ2n) is 2.88. The number of methoxy groups -OCH3 is 1. The molecule has 2 aromatic rings. The lowest BCUT2D eigenvalue weighted by Gasteiger charge is -2.06. The van der Waals surface area contributed by atoms with Crippen molar-refractivity contribution in [3.8, 4) is 23.1 Å². The predicted molar refractivity (Wildman–Crippen MR) is 55.4 cm³/mol. The molecule has 0 saturated carbocycles. The van der Waals surface area contributed by atoms with Gasteiger partial charge in [0.25, 0.3) is 0 Å². The molecule has 0 saturated heterocycles. The standard InChI is InChI=1S/C11H7N4O/c1-16-10-3-2-4-14-11(10)8-6-13-7-15-9(8)5-12/h2-4,7H,1H3. The molecule has 1 radical (unpaired) electrons. The summed E-state index contributed by atoms with van der Waals surface area (Å²) in [4.78, 5) is 11.8. The van der Waals surface area contributed by atoms with Gasteiger partial charge in [-0.25, -0.2) is 9.97 Å². The van der Waals surface area contributed by atoms with E-state index in [2.05, 4.69) is 21.1 Å². The fourth-order valence-corrected chi connectivity index (χ4v) is 1.29. The molecule has 5 heteroatoms. The first-order chi connectivity index (χ1) is 7.86. The van der Waals surface area contributed by atoms with Crippen LogP contribution in [0, 0.1) is 17.5 Å². The van der Waals surface area contributed by atoms with Crippen molar-refractivity contribution in [1.82, 2.24) is 15.0 Å². The molecular formula is C11H7N4O. The Bertz CT molecular complexity index is 548. The van der Waals surface area contributed by atoms with Crippen molar-refractivity contribution in [2.24, 2.45) is 0 Å². The molecule has 0 fully saturated rings. The maximum Gasteiger partial charge on any atom is 0.154 e. The number of hydrogen-bond donors (Lipinski definition) is 0. The fraction of sp³-hybridized carbons (Fsp3) is 0.0909. The van der Waals surface area contributed by atoms with Gasteiger partial charge in [-0.15, -0.1) is 0 Å². The Hall–Kier alpha value is -2.48. The molecule has 2 heterocycles. The smallest absolute Gasteiger partial charge is 0.154 e. The lowest BCUT2D eigenvalue weighted by molar-refractivity contribution is 0.415. The highest BCUT2D eigenvalue weighted by Crippen LogP contribution is 2.27. The molecule has 0 aliphatic carbocycles. The molecule has 16 heavy (non-hydrogen) atoms. The van der Waals surface area contributed by atoms with Crippen LogP contribution in [0.25, 0.3) is 11.3 Å². The van der Waals surface area contributed by atoms with Crippen LogP contribution in [-0.2, 0) is 0 Å². The Morgan fingerprint density at radius 1 is 1.44 bits per heavy atom. The molecule has 0 bridgehead atoms. The van der Waals surface area contributed by atoms with Crippen LogP contribution in [0.5, 0.6) is 5.75 Å². The molecule has 0 unspecified atom stereocenters. The van der Waals surface area contributed by atoms with E-state index >= 15 is 0 Å². The Morgan fingerprint density at radius 2 is 2.31 bits per heavy atom. The number of pyridine rings is 1. The topological polar surface area (TPSA) is 71.7 Å². The van der Waals surface area contributed by atoms with E-state index in [1.54, 1.807) is 18.3 Å². The molecule has 0 aliphatic rings. The summed E-state index contributed by atoms with van der Waals surface area (Å²) in [6.45, 7) is 0. The molecular weight excluding hydrogens is 204 g/mol. The van der Waals surface area contributed by atoms with Crippen molar-refractivity contribution in [2.45, 2.75) is 0 Å². The molecule has 0 spiro atoms. The SMILES string of the molecule is COc1cccnc1-c1[c]ncnc1C#N. The van der Waals surface area contributed by atoms with E-state index in [9.17, 15) is 0 Å². The number of ether oxygens (including phenoxy) is 1. The van der Waals surface area contributed by atoms with Gasteiger partial charge in [0.15, 0.2) is 5.69 Å². The van der Waals surface area contributed by atoms with Gasteiger partial charge in [0, 0.05) is 6.20 Å². The zero-order valence-electron chi connectivity index (χ0n) is 8.51. The molecule has 0 atom stereocenters.